The molecule has 9 heteroatoms. The summed E-state index contributed by atoms with van der Waals surface area (Å²) in [7, 11) is 0. The summed E-state index contributed by atoms with van der Waals surface area (Å²) in [5.74, 6) is -1.12. The van der Waals surface area contributed by atoms with Crippen LogP contribution in [0, 0.1) is 0 Å². The average Bonchev–Trinajstić information content (AvgIpc) is 2.67. The minimum atomic E-state index is -0.962. The molecule has 2 N–H and O–H groups in total. The Balaban J connectivity index is 3.94. The number of carbonyl (C=O) groups is 2. The first-order valence-electron chi connectivity index (χ1n) is 9.06. The van der Waals surface area contributed by atoms with Gasteiger partial charge in [-0.2, -0.15) is 0 Å². The van der Waals surface area contributed by atoms with E-state index in [1.54, 1.807) is 20.8 Å². The standard InChI is InChI=1S/C19H32O9/c1-5-18(22)27-11-15(3)25-10-14(2)26-12-16(4)28-19(23)7-6-17(21)13-24-9-8-20/h5-7,14-17,20-21H,1,8-13H2,2-4H3. The van der Waals surface area contributed by atoms with Crippen LogP contribution in [0.25, 0.3) is 0 Å². The van der Waals surface area contributed by atoms with Gasteiger partial charge in [0.1, 0.15) is 12.7 Å². The zero-order valence-electron chi connectivity index (χ0n) is 16.7. The van der Waals surface area contributed by atoms with Gasteiger partial charge in [0, 0.05) is 12.2 Å². The maximum atomic E-state index is 11.7. The molecule has 0 saturated carbocycles. The first kappa shape index (κ1) is 26.2. The van der Waals surface area contributed by atoms with E-state index in [0.29, 0.717) is 0 Å². The van der Waals surface area contributed by atoms with Crippen molar-refractivity contribution in [1.82, 2.24) is 0 Å². The third-order valence-electron chi connectivity index (χ3n) is 3.15. The molecule has 4 unspecified atom stereocenters. The largest absolute Gasteiger partial charge is 0.460 e. The van der Waals surface area contributed by atoms with Crippen molar-refractivity contribution in [3.63, 3.8) is 0 Å². The van der Waals surface area contributed by atoms with E-state index >= 15 is 0 Å². The van der Waals surface area contributed by atoms with E-state index in [-0.39, 0.29) is 51.8 Å². The predicted molar refractivity (Wildman–Crippen MR) is 101 cm³/mol. The molecule has 0 amide bonds. The Labute approximate surface area is 165 Å². The lowest BCUT2D eigenvalue weighted by atomic mass is 10.3. The Hall–Kier alpha value is -1.78. The molecule has 0 fully saturated rings. The molecule has 0 aromatic rings. The van der Waals surface area contributed by atoms with Gasteiger partial charge < -0.3 is 33.9 Å². The SMILES string of the molecule is C=CC(=O)OCC(C)OCC(C)OCC(C)OC(=O)C=CC(O)COCCO. The summed E-state index contributed by atoms with van der Waals surface area (Å²) in [4.78, 5) is 22.6. The molecule has 9 nitrogen and oxygen atoms in total. The van der Waals surface area contributed by atoms with E-state index in [1.807, 2.05) is 0 Å². The van der Waals surface area contributed by atoms with Gasteiger partial charge in [-0.3, -0.25) is 0 Å². The summed E-state index contributed by atoms with van der Waals surface area (Å²) >= 11 is 0. The van der Waals surface area contributed by atoms with Crippen LogP contribution < -0.4 is 0 Å². The van der Waals surface area contributed by atoms with Crippen molar-refractivity contribution in [3.05, 3.63) is 24.8 Å². The second-order valence-electron chi connectivity index (χ2n) is 6.09. The average molecular weight is 404 g/mol. The van der Waals surface area contributed by atoms with Crippen LogP contribution in [0.3, 0.4) is 0 Å². The van der Waals surface area contributed by atoms with Gasteiger partial charge in [0.15, 0.2) is 0 Å². The van der Waals surface area contributed by atoms with Crippen LogP contribution in [0.1, 0.15) is 20.8 Å². The molecule has 0 aromatic heterocycles. The van der Waals surface area contributed by atoms with Gasteiger partial charge in [-0.1, -0.05) is 6.58 Å². The fourth-order valence-electron chi connectivity index (χ4n) is 1.74. The Morgan fingerprint density at radius 1 is 0.964 bits per heavy atom. The second-order valence-corrected chi connectivity index (χ2v) is 6.09. The van der Waals surface area contributed by atoms with Gasteiger partial charge in [-0.25, -0.2) is 9.59 Å². The maximum absolute atomic E-state index is 11.7. The molecule has 28 heavy (non-hydrogen) atoms. The van der Waals surface area contributed by atoms with E-state index in [0.717, 1.165) is 12.2 Å². The molecule has 0 rings (SSSR count). The Morgan fingerprint density at radius 3 is 2.18 bits per heavy atom. The summed E-state index contributed by atoms with van der Waals surface area (Å²) in [6.07, 6.45) is 1.46. The minimum absolute atomic E-state index is 0.0221. The van der Waals surface area contributed by atoms with Gasteiger partial charge in [0.2, 0.25) is 0 Å². The molecule has 4 atom stereocenters. The van der Waals surface area contributed by atoms with Gasteiger partial charge in [-0.15, -0.1) is 0 Å². The number of hydrogen-bond acceptors (Lipinski definition) is 9. The highest BCUT2D eigenvalue weighted by molar-refractivity contribution is 5.82. The van der Waals surface area contributed by atoms with Crippen molar-refractivity contribution >= 4 is 11.9 Å². The monoisotopic (exact) mass is 404 g/mol. The zero-order valence-corrected chi connectivity index (χ0v) is 16.7. The van der Waals surface area contributed by atoms with Gasteiger partial charge in [0.05, 0.1) is 51.3 Å². The Kier molecular flexibility index (Phi) is 15.2. The quantitative estimate of drug-likeness (QED) is 0.214. The normalized spacial score (nSPS) is 15.6. The number of aliphatic hydroxyl groups is 2. The Morgan fingerprint density at radius 2 is 1.57 bits per heavy atom. The maximum Gasteiger partial charge on any atom is 0.330 e. The highest BCUT2D eigenvalue weighted by Gasteiger charge is 2.12. The van der Waals surface area contributed by atoms with Crippen LogP contribution in [0.4, 0.5) is 0 Å². The molecule has 0 aliphatic carbocycles. The number of aliphatic hydroxyl groups excluding tert-OH is 2. The first-order chi connectivity index (χ1) is 13.3. The topological polar surface area (TPSA) is 121 Å². The van der Waals surface area contributed by atoms with Crippen molar-refractivity contribution < 1.29 is 43.5 Å². The Bertz CT molecular complexity index is 478. The number of rotatable bonds is 16. The summed E-state index contributed by atoms with van der Waals surface area (Å²) in [6.45, 7) is 9.09. The fraction of sp³-hybridized carbons (Fsp3) is 0.684. The highest BCUT2D eigenvalue weighted by atomic mass is 16.6. The molecule has 0 bridgehead atoms. The van der Waals surface area contributed by atoms with Gasteiger partial charge >= 0.3 is 11.9 Å². The summed E-state index contributed by atoms with van der Waals surface area (Å²) < 4.78 is 26.0. The van der Waals surface area contributed by atoms with E-state index in [2.05, 4.69) is 6.58 Å². The number of ether oxygens (including phenoxy) is 5. The lowest BCUT2D eigenvalue weighted by Crippen LogP contribution is -2.27. The van der Waals surface area contributed by atoms with Gasteiger partial charge in [0.25, 0.3) is 0 Å². The van der Waals surface area contributed by atoms with E-state index < -0.39 is 24.1 Å². The highest BCUT2D eigenvalue weighted by Crippen LogP contribution is 2.02. The van der Waals surface area contributed by atoms with Crippen LogP contribution in [0.2, 0.25) is 0 Å². The molecule has 0 aliphatic rings. The number of hydrogen-bond donors (Lipinski definition) is 2. The van der Waals surface area contributed by atoms with E-state index in [9.17, 15) is 14.7 Å². The van der Waals surface area contributed by atoms with Crippen LogP contribution in [-0.2, 0) is 33.3 Å². The van der Waals surface area contributed by atoms with Crippen LogP contribution >= 0.6 is 0 Å². The molecular weight excluding hydrogens is 372 g/mol. The fourth-order valence-corrected chi connectivity index (χ4v) is 1.74. The molecular formula is C19H32O9. The molecule has 0 heterocycles. The third-order valence-corrected chi connectivity index (χ3v) is 3.15. The van der Waals surface area contributed by atoms with Crippen LogP contribution in [-0.4, -0.2) is 86.2 Å². The predicted octanol–water partition coefficient (Wildman–Crippen LogP) is 0.384. The van der Waals surface area contributed by atoms with Crippen LogP contribution in [0.5, 0.6) is 0 Å². The van der Waals surface area contributed by atoms with Crippen molar-refractivity contribution in [2.24, 2.45) is 0 Å². The van der Waals surface area contributed by atoms with Crippen molar-refractivity contribution in [3.8, 4) is 0 Å². The van der Waals surface area contributed by atoms with Crippen molar-refractivity contribution in [1.29, 1.82) is 0 Å². The van der Waals surface area contributed by atoms with Crippen molar-refractivity contribution in [2.45, 2.75) is 45.2 Å². The minimum Gasteiger partial charge on any atom is -0.460 e. The molecule has 0 aromatic carbocycles. The van der Waals surface area contributed by atoms with Gasteiger partial charge in [-0.05, 0) is 26.8 Å². The van der Waals surface area contributed by atoms with E-state index in [1.165, 1.54) is 6.08 Å². The summed E-state index contributed by atoms with van der Waals surface area (Å²) in [5.41, 5.74) is 0. The molecule has 0 spiro atoms. The van der Waals surface area contributed by atoms with Crippen molar-refractivity contribution in [2.75, 3.05) is 39.6 Å². The number of carbonyl (C=O) groups excluding carboxylic acids is 2. The molecule has 0 aliphatic heterocycles. The lowest BCUT2D eigenvalue weighted by Gasteiger charge is -2.19. The second kappa shape index (κ2) is 16.2. The van der Waals surface area contributed by atoms with Crippen LogP contribution in [0.15, 0.2) is 24.8 Å². The zero-order chi connectivity index (χ0) is 21.4. The lowest BCUT2D eigenvalue weighted by molar-refractivity contribution is -0.148. The summed E-state index contributed by atoms with van der Waals surface area (Å²) in [6, 6.07) is 0. The summed E-state index contributed by atoms with van der Waals surface area (Å²) in [5, 5.41) is 18.1. The molecule has 0 saturated heterocycles. The van der Waals surface area contributed by atoms with E-state index in [4.69, 9.17) is 28.8 Å². The smallest absolute Gasteiger partial charge is 0.330 e. The molecule has 0 radical (unpaired) electrons. The third kappa shape index (κ3) is 15.3. The number of esters is 2. The first-order valence-corrected chi connectivity index (χ1v) is 9.06. The molecule has 162 valence electrons.